The van der Waals surface area contributed by atoms with Crippen molar-refractivity contribution >= 4 is 0 Å². The van der Waals surface area contributed by atoms with Gasteiger partial charge in [0.2, 0.25) is 0 Å². The molecule has 0 radical (unpaired) electrons. The van der Waals surface area contributed by atoms with Crippen LogP contribution in [0.15, 0.2) is 0 Å². The van der Waals surface area contributed by atoms with Crippen LogP contribution in [-0.4, -0.2) is 37.1 Å². The van der Waals surface area contributed by atoms with Crippen molar-refractivity contribution in [1.29, 1.82) is 0 Å². The first kappa shape index (κ1) is 14.3. The van der Waals surface area contributed by atoms with E-state index in [9.17, 15) is 0 Å². The fourth-order valence-corrected chi connectivity index (χ4v) is 4.03. The van der Waals surface area contributed by atoms with E-state index in [1.54, 1.807) is 0 Å². The van der Waals surface area contributed by atoms with Crippen molar-refractivity contribution < 1.29 is 0 Å². The van der Waals surface area contributed by atoms with Gasteiger partial charge in [0.1, 0.15) is 0 Å². The highest BCUT2D eigenvalue weighted by Gasteiger charge is 2.37. The molecule has 18 heavy (non-hydrogen) atoms. The third-order valence-corrected chi connectivity index (χ3v) is 5.47. The van der Waals surface area contributed by atoms with Crippen LogP contribution in [0, 0.1) is 5.41 Å². The van der Waals surface area contributed by atoms with Gasteiger partial charge in [0, 0.05) is 19.1 Å². The lowest BCUT2D eigenvalue weighted by Crippen LogP contribution is -2.40. The van der Waals surface area contributed by atoms with Crippen molar-refractivity contribution in [3.8, 4) is 0 Å². The van der Waals surface area contributed by atoms with Gasteiger partial charge in [-0.2, -0.15) is 0 Å². The molecule has 106 valence electrons. The maximum Gasteiger partial charge on any atom is 0.0107 e. The zero-order valence-corrected chi connectivity index (χ0v) is 12.5. The molecule has 0 bridgehead atoms. The largest absolute Gasteiger partial charge is 0.313 e. The summed E-state index contributed by atoms with van der Waals surface area (Å²) in [6.07, 6.45) is 11.9. The fourth-order valence-electron chi connectivity index (χ4n) is 4.03. The van der Waals surface area contributed by atoms with Gasteiger partial charge in [0.15, 0.2) is 0 Å². The van der Waals surface area contributed by atoms with Gasteiger partial charge in [-0.15, -0.1) is 0 Å². The van der Waals surface area contributed by atoms with Crippen LogP contribution in [0.1, 0.15) is 65.2 Å². The van der Waals surface area contributed by atoms with Crippen molar-refractivity contribution in [2.24, 2.45) is 5.41 Å². The van der Waals surface area contributed by atoms with Crippen molar-refractivity contribution in [3.63, 3.8) is 0 Å². The Kier molecular flexibility index (Phi) is 5.50. The van der Waals surface area contributed by atoms with Gasteiger partial charge < -0.3 is 10.2 Å². The summed E-state index contributed by atoms with van der Waals surface area (Å²) in [5.41, 5.74) is 0.789. The minimum absolute atomic E-state index is 0.789. The Bertz CT molecular complexity index is 219. The van der Waals surface area contributed by atoms with E-state index in [2.05, 4.69) is 24.1 Å². The van der Waals surface area contributed by atoms with Crippen molar-refractivity contribution in [1.82, 2.24) is 10.2 Å². The molecule has 1 spiro atoms. The average Bonchev–Trinajstić information content (AvgIpc) is 2.86. The maximum absolute atomic E-state index is 3.79. The number of hydrogen-bond acceptors (Lipinski definition) is 2. The molecular formula is C16H32N2. The van der Waals surface area contributed by atoms with Gasteiger partial charge in [-0.25, -0.2) is 0 Å². The normalized spacial score (nSPS) is 24.2. The summed E-state index contributed by atoms with van der Waals surface area (Å²) in [4.78, 5) is 2.51. The molecule has 2 rings (SSSR count). The van der Waals surface area contributed by atoms with Crippen LogP contribution in [-0.2, 0) is 0 Å². The Hall–Kier alpha value is -0.0800. The third kappa shape index (κ3) is 3.71. The summed E-state index contributed by atoms with van der Waals surface area (Å²) in [6, 6.07) is 0.812. The number of nitrogens with zero attached hydrogens (tertiary/aromatic N) is 1. The van der Waals surface area contributed by atoms with Crippen molar-refractivity contribution in [2.45, 2.75) is 71.3 Å². The smallest absolute Gasteiger partial charge is 0.0107 e. The summed E-state index contributed by atoms with van der Waals surface area (Å²) >= 11 is 0. The zero-order chi connectivity index (χ0) is 12.8. The minimum Gasteiger partial charge on any atom is -0.313 e. The van der Waals surface area contributed by atoms with Crippen LogP contribution in [0.4, 0.5) is 0 Å². The standard InChI is InChI=1S/C16H32N2/c1-3-18(4-2)14-13-17-15-7-11-16(12-8-15)9-5-6-10-16/h15,17H,3-14H2,1-2H3. The Morgan fingerprint density at radius 1 is 1.00 bits per heavy atom. The van der Waals surface area contributed by atoms with Crippen LogP contribution < -0.4 is 5.32 Å². The maximum atomic E-state index is 3.79. The van der Waals surface area contributed by atoms with E-state index in [1.165, 1.54) is 77.5 Å². The highest BCUT2D eigenvalue weighted by atomic mass is 15.1. The Morgan fingerprint density at radius 2 is 1.61 bits per heavy atom. The van der Waals surface area contributed by atoms with E-state index < -0.39 is 0 Å². The predicted molar refractivity (Wildman–Crippen MR) is 78.9 cm³/mol. The molecule has 0 saturated heterocycles. The quantitative estimate of drug-likeness (QED) is 0.779. The topological polar surface area (TPSA) is 15.3 Å². The van der Waals surface area contributed by atoms with E-state index in [-0.39, 0.29) is 0 Å². The van der Waals surface area contributed by atoms with E-state index in [1.807, 2.05) is 0 Å². The molecule has 0 heterocycles. The molecule has 0 atom stereocenters. The lowest BCUT2D eigenvalue weighted by atomic mass is 9.71. The molecule has 2 aliphatic rings. The molecule has 1 N–H and O–H groups in total. The van der Waals surface area contributed by atoms with Gasteiger partial charge in [0.25, 0.3) is 0 Å². The van der Waals surface area contributed by atoms with E-state index in [0.717, 1.165) is 11.5 Å². The molecule has 2 nitrogen and oxygen atoms in total. The van der Waals surface area contributed by atoms with Crippen LogP contribution in [0.2, 0.25) is 0 Å². The highest BCUT2D eigenvalue weighted by Crippen LogP contribution is 2.48. The first-order chi connectivity index (χ1) is 8.78. The third-order valence-electron chi connectivity index (χ3n) is 5.47. The zero-order valence-electron chi connectivity index (χ0n) is 12.5. The molecule has 0 aromatic heterocycles. The van der Waals surface area contributed by atoms with Crippen LogP contribution >= 0.6 is 0 Å². The number of hydrogen-bond donors (Lipinski definition) is 1. The lowest BCUT2D eigenvalue weighted by Gasteiger charge is -2.37. The predicted octanol–water partition coefficient (Wildman–Crippen LogP) is 3.42. The molecule has 0 aromatic carbocycles. The Labute approximate surface area is 114 Å². The van der Waals surface area contributed by atoms with Crippen LogP contribution in [0.3, 0.4) is 0 Å². The Morgan fingerprint density at radius 3 is 2.17 bits per heavy atom. The van der Waals surface area contributed by atoms with Gasteiger partial charge in [-0.1, -0.05) is 26.7 Å². The molecule has 0 aromatic rings. The molecule has 0 unspecified atom stereocenters. The van der Waals surface area contributed by atoms with Gasteiger partial charge >= 0.3 is 0 Å². The SMILES string of the molecule is CCN(CC)CCNC1CCC2(CCCC2)CC1. The average molecular weight is 252 g/mol. The second kappa shape index (κ2) is 6.91. The van der Waals surface area contributed by atoms with Gasteiger partial charge in [-0.3, -0.25) is 0 Å². The van der Waals surface area contributed by atoms with E-state index >= 15 is 0 Å². The summed E-state index contributed by atoms with van der Waals surface area (Å²) < 4.78 is 0. The number of likely N-dealkylation sites (N-methyl/N-ethyl adjacent to an activating group) is 1. The monoisotopic (exact) mass is 252 g/mol. The number of rotatable bonds is 6. The van der Waals surface area contributed by atoms with Gasteiger partial charge in [0.05, 0.1) is 0 Å². The van der Waals surface area contributed by atoms with Crippen molar-refractivity contribution in [3.05, 3.63) is 0 Å². The van der Waals surface area contributed by atoms with E-state index in [4.69, 9.17) is 0 Å². The number of nitrogens with one attached hydrogen (secondary N) is 1. The molecule has 2 heteroatoms. The second-order valence-electron chi connectivity index (χ2n) is 6.46. The van der Waals surface area contributed by atoms with Crippen LogP contribution in [0.25, 0.3) is 0 Å². The molecule has 2 aliphatic carbocycles. The minimum atomic E-state index is 0.789. The summed E-state index contributed by atoms with van der Waals surface area (Å²) in [7, 11) is 0. The summed E-state index contributed by atoms with van der Waals surface area (Å²) in [5, 5.41) is 3.79. The molecule has 2 saturated carbocycles. The molecule has 2 fully saturated rings. The molecule has 0 amide bonds. The van der Waals surface area contributed by atoms with Gasteiger partial charge in [-0.05, 0) is 57.0 Å². The molecule has 0 aliphatic heterocycles. The summed E-state index contributed by atoms with van der Waals surface area (Å²) in [5.74, 6) is 0. The lowest BCUT2D eigenvalue weighted by molar-refractivity contribution is 0.166. The van der Waals surface area contributed by atoms with E-state index in [0.29, 0.717) is 0 Å². The Balaban J connectivity index is 1.61. The molecular weight excluding hydrogens is 220 g/mol. The first-order valence-corrected chi connectivity index (χ1v) is 8.24. The first-order valence-electron chi connectivity index (χ1n) is 8.24. The van der Waals surface area contributed by atoms with Crippen LogP contribution in [0.5, 0.6) is 0 Å². The summed E-state index contributed by atoms with van der Waals surface area (Å²) in [6.45, 7) is 9.29. The highest BCUT2D eigenvalue weighted by molar-refractivity contribution is 4.91. The fraction of sp³-hybridized carbons (Fsp3) is 1.00. The van der Waals surface area contributed by atoms with Crippen molar-refractivity contribution in [2.75, 3.05) is 26.2 Å². The second-order valence-corrected chi connectivity index (χ2v) is 6.46.